The second-order valence-corrected chi connectivity index (χ2v) is 7.45. The number of hydrogen-bond donors (Lipinski definition) is 0. The minimum absolute atomic E-state index is 0.0377. The fraction of sp³-hybridized carbons (Fsp3) is 0.286. The second-order valence-electron chi connectivity index (χ2n) is 2.58. The van der Waals surface area contributed by atoms with Gasteiger partial charge in [0.25, 0.3) is 0 Å². The molecule has 0 saturated carbocycles. The molecular weight excluding hydrogens is 260 g/mol. The Morgan fingerprint density at radius 3 is 2.47 bits per heavy atom. The molecule has 0 unspecified atom stereocenters. The lowest BCUT2D eigenvalue weighted by Gasteiger charge is -2.04. The van der Waals surface area contributed by atoms with Crippen molar-refractivity contribution in [3.8, 4) is 0 Å². The SMILES string of the molecule is CC[S@@](=O)(=NS(=O)(=O)Cl)c1ccccn1. The summed E-state index contributed by atoms with van der Waals surface area (Å²) >= 11 is 0. The van der Waals surface area contributed by atoms with Crippen LogP contribution in [0.2, 0.25) is 0 Å². The van der Waals surface area contributed by atoms with Crippen molar-refractivity contribution in [1.82, 2.24) is 4.98 Å². The van der Waals surface area contributed by atoms with Crippen LogP contribution in [-0.2, 0) is 19.0 Å². The lowest BCUT2D eigenvalue weighted by atomic mass is 10.5. The zero-order valence-electron chi connectivity index (χ0n) is 7.83. The highest BCUT2D eigenvalue weighted by molar-refractivity contribution is 8.17. The van der Waals surface area contributed by atoms with E-state index < -0.39 is 19.0 Å². The van der Waals surface area contributed by atoms with Gasteiger partial charge in [-0.2, -0.15) is 8.42 Å². The molecule has 15 heavy (non-hydrogen) atoms. The fourth-order valence-electron chi connectivity index (χ4n) is 0.918. The smallest absolute Gasteiger partial charge is 0.246 e. The predicted octanol–water partition coefficient (Wildman–Crippen LogP) is 1.41. The van der Waals surface area contributed by atoms with E-state index in [0.717, 1.165) is 0 Å². The van der Waals surface area contributed by atoms with Crippen molar-refractivity contribution in [3.05, 3.63) is 24.4 Å². The van der Waals surface area contributed by atoms with Crippen LogP contribution in [0.15, 0.2) is 33.2 Å². The average Bonchev–Trinajstić information content (AvgIpc) is 2.16. The molecule has 8 heteroatoms. The van der Waals surface area contributed by atoms with Crippen molar-refractivity contribution in [2.24, 2.45) is 3.77 Å². The molecule has 0 spiro atoms. The number of halogens is 1. The van der Waals surface area contributed by atoms with Crippen LogP contribution in [-0.4, -0.2) is 23.4 Å². The fourth-order valence-corrected chi connectivity index (χ4v) is 4.43. The van der Waals surface area contributed by atoms with Crippen molar-refractivity contribution in [2.45, 2.75) is 11.9 Å². The van der Waals surface area contributed by atoms with Crippen molar-refractivity contribution in [3.63, 3.8) is 0 Å². The van der Waals surface area contributed by atoms with Crippen molar-refractivity contribution >= 4 is 29.6 Å². The monoisotopic (exact) mass is 268 g/mol. The molecule has 0 aliphatic carbocycles. The molecule has 0 radical (unpaired) electrons. The Kier molecular flexibility index (Phi) is 3.69. The van der Waals surface area contributed by atoms with E-state index in [1.165, 1.54) is 12.3 Å². The van der Waals surface area contributed by atoms with E-state index in [2.05, 4.69) is 8.75 Å². The van der Waals surface area contributed by atoms with Gasteiger partial charge in [0.15, 0.2) is 0 Å². The topological polar surface area (TPSA) is 76.5 Å². The number of nitrogens with zero attached hydrogens (tertiary/aromatic N) is 2. The van der Waals surface area contributed by atoms with E-state index in [1.807, 2.05) is 0 Å². The quantitative estimate of drug-likeness (QED) is 0.777. The third kappa shape index (κ3) is 3.44. The Bertz CT molecular complexity index is 547. The molecule has 1 aromatic rings. The summed E-state index contributed by atoms with van der Waals surface area (Å²) in [5.74, 6) is 0.0377. The Morgan fingerprint density at radius 2 is 2.07 bits per heavy atom. The van der Waals surface area contributed by atoms with Gasteiger partial charge in [-0.1, -0.05) is 16.8 Å². The van der Waals surface area contributed by atoms with Crippen LogP contribution in [0.1, 0.15) is 6.92 Å². The van der Waals surface area contributed by atoms with E-state index in [1.54, 1.807) is 19.1 Å². The van der Waals surface area contributed by atoms with E-state index in [9.17, 15) is 12.6 Å². The summed E-state index contributed by atoms with van der Waals surface area (Å²) in [4.78, 5) is 3.81. The summed E-state index contributed by atoms with van der Waals surface area (Å²) in [6, 6.07) is 4.69. The maximum Gasteiger partial charge on any atom is 0.347 e. The van der Waals surface area contributed by atoms with Crippen molar-refractivity contribution in [2.75, 3.05) is 5.75 Å². The minimum atomic E-state index is -4.16. The lowest BCUT2D eigenvalue weighted by molar-refractivity contribution is 0.611. The lowest BCUT2D eigenvalue weighted by Crippen LogP contribution is -2.07. The highest BCUT2D eigenvalue weighted by Crippen LogP contribution is 2.14. The molecule has 0 amide bonds. The first-order chi connectivity index (χ1) is 6.87. The molecule has 0 fully saturated rings. The van der Waals surface area contributed by atoms with Gasteiger partial charge in [0.1, 0.15) is 14.8 Å². The predicted molar refractivity (Wildman–Crippen MR) is 58.4 cm³/mol. The molecule has 84 valence electrons. The standard InChI is InChI=1S/C7H9ClN2O3S2/c1-2-14(11,10-15(8,12)13)7-5-3-4-6-9-7/h3-6H,2H2,1H3/t14-/m0/s1. The van der Waals surface area contributed by atoms with E-state index in [4.69, 9.17) is 10.7 Å². The molecule has 0 aliphatic heterocycles. The van der Waals surface area contributed by atoms with Crippen LogP contribution in [0.25, 0.3) is 0 Å². The summed E-state index contributed by atoms with van der Waals surface area (Å²) in [6.45, 7) is 1.56. The zero-order chi connectivity index (χ0) is 11.5. The molecular formula is C7H9ClN2O3S2. The Hall–Kier alpha value is -0.660. The van der Waals surface area contributed by atoms with E-state index in [0.29, 0.717) is 0 Å². The molecule has 0 aromatic carbocycles. The normalized spacial score (nSPS) is 15.6. The molecule has 5 nitrogen and oxygen atoms in total. The second kappa shape index (κ2) is 4.46. The van der Waals surface area contributed by atoms with Gasteiger partial charge in [-0.3, -0.25) is 0 Å². The van der Waals surface area contributed by atoms with Crippen LogP contribution in [0.4, 0.5) is 0 Å². The first-order valence-corrected chi connectivity index (χ1v) is 7.94. The summed E-state index contributed by atoms with van der Waals surface area (Å²) in [6.07, 6.45) is 1.42. The van der Waals surface area contributed by atoms with E-state index >= 15 is 0 Å². The zero-order valence-corrected chi connectivity index (χ0v) is 10.2. The summed E-state index contributed by atoms with van der Waals surface area (Å²) in [5, 5.41) is 0.122. The van der Waals surface area contributed by atoms with Gasteiger partial charge in [0.05, 0.1) is 0 Å². The van der Waals surface area contributed by atoms with E-state index in [-0.39, 0.29) is 10.8 Å². The largest absolute Gasteiger partial charge is 0.347 e. The minimum Gasteiger partial charge on any atom is -0.246 e. The highest BCUT2D eigenvalue weighted by atomic mass is 35.7. The molecule has 1 aromatic heterocycles. The summed E-state index contributed by atoms with van der Waals surface area (Å²) < 4.78 is 36.8. The first kappa shape index (κ1) is 12.4. The van der Waals surface area contributed by atoms with Gasteiger partial charge in [-0.05, 0) is 12.1 Å². The van der Waals surface area contributed by atoms with Crippen molar-refractivity contribution < 1.29 is 12.6 Å². The molecule has 1 heterocycles. The molecule has 1 rings (SSSR count). The maximum atomic E-state index is 12.1. The summed E-state index contributed by atoms with van der Waals surface area (Å²) in [5.41, 5.74) is 0. The highest BCUT2D eigenvalue weighted by Gasteiger charge is 2.15. The molecule has 1 atom stereocenters. The maximum absolute atomic E-state index is 12.1. The molecule has 0 N–H and O–H groups in total. The average molecular weight is 269 g/mol. The first-order valence-electron chi connectivity index (χ1n) is 3.99. The van der Waals surface area contributed by atoms with Crippen LogP contribution < -0.4 is 0 Å². The molecule has 0 bridgehead atoms. The van der Waals surface area contributed by atoms with Crippen LogP contribution in [0.3, 0.4) is 0 Å². The van der Waals surface area contributed by atoms with Gasteiger partial charge in [-0.25, -0.2) is 9.19 Å². The number of aromatic nitrogens is 1. The third-order valence-corrected chi connectivity index (χ3v) is 5.43. The number of hydrogen-bond acceptors (Lipinski definition) is 4. The molecule has 0 aliphatic rings. The van der Waals surface area contributed by atoms with Crippen LogP contribution in [0, 0.1) is 0 Å². The van der Waals surface area contributed by atoms with Gasteiger partial charge < -0.3 is 0 Å². The molecule has 0 saturated heterocycles. The third-order valence-electron chi connectivity index (χ3n) is 1.57. The van der Waals surface area contributed by atoms with Crippen LogP contribution >= 0.6 is 10.7 Å². The van der Waals surface area contributed by atoms with Crippen molar-refractivity contribution in [1.29, 1.82) is 0 Å². The van der Waals surface area contributed by atoms with Gasteiger partial charge in [0, 0.05) is 22.6 Å². The number of rotatable bonds is 3. The van der Waals surface area contributed by atoms with Gasteiger partial charge >= 0.3 is 9.24 Å². The summed E-state index contributed by atoms with van der Waals surface area (Å²) in [7, 11) is -2.28. The van der Waals surface area contributed by atoms with Gasteiger partial charge in [-0.15, -0.1) is 0 Å². The Balaban J connectivity index is 3.44. The number of pyridine rings is 1. The Labute approximate surface area is 93.2 Å². The van der Waals surface area contributed by atoms with Crippen LogP contribution in [0.5, 0.6) is 0 Å². The van der Waals surface area contributed by atoms with Gasteiger partial charge in [0.2, 0.25) is 0 Å². The Morgan fingerprint density at radius 1 is 1.40 bits per heavy atom.